The first-order chi connectivity index (χ1) is 13.1. The van der Waals surface area contributed by atoms with Gasteiger partial charge in [-0.25, -0.2) is 4.79 Å². The van der Waals surface area contributed by atoms with Gasteiger partial charge in [0.15, 0.2) is 11.5 Å². The van der Waals surface area contributed by atoms with Crippen LogP contribution in [0.3, 0.4) is 0 Å². The van der Waals surface area contributed by atoms with E-state index in [9.17, 15) is 9.59 Å². The van der Waals surface area contributed by atoms with Gasteiger partial charge in [0.1, 0.15) is 0 Å². The molecule has 1 aliphatic heterocycles. The molecule has 7 heteroatoms. The molecule has 0 aliphatic carbocycles. The van der Waals surface area contributed by atoms with Gasteiger partial charge >= 0.3 is 6.03 Å². The van der Waals surface area contributed by atoms with Crippen molar-refractivity contribution in [2.75, 3.05) is 37.9 Å². The highest BCUT2D eigenvalue weighted by atomic mass is 16.5. The molecule has 1 heterocycles. The van der Waals surface area contributed by atoms with Gasteiger partial charge in [0.2, 0.25) is 0 Å². The fourth-order valence-electron chi connectivity index (χ4n) is 2.98. The largest absolute Gasteiger partial charge is 0.493 e. The summed E-state index contributed by atoms with van der Waals surface area (Å²) in [6.45, 7) is 1.56. The summed E-state index contributed by atoms with van der Waals surface area (Å²) in [5.41, 5.74) is 1.67. The minimum absolute atomic E-state index is 0.115. The molecule has 2 aromatic rings. The number of rotatable bonds is 5. The first-order valence-electron chi connectivity index (χ1n) is 8.80. The van der Waals surface area contributed by atoms with Gasteiger partial charge in [-0.2, -0.15) is 0 Å². The van der Waals surface area contributed by atoms with Crippen LogP contribution in [0.2, 0.25) is 0 Å². The van der Waals surface area contributed by atoms with Crippen molar-refractivity contribution in [3.8, 4) is 11.5 Å². The number of nitrogens with one attached hydrogen (secondary N) is 2. The normalized spacial score (nSPS) is 13.2. The highest BCUT2D eigenvalue weighted by Crippen LogP contribution is 2.28. The summed E-state index contributed by atoms with van der Waals surface area (Å²) < 4.78 is 10.4. The van der Waals surface area contributed by atoms with Crippen LogP contribution in [0.1, 0.15) is 23.2 Å². The van der Waals surface area contributed by atoms with E-state index in [-0.39, 0.29) is 11.9 Å². The monoisotopic (exact) mass is 369 g/mol. The zero-order valence-corrected chi connectivity index (χ0v) is 15.5. The van der Waals surface area contributed by atoms with E-state index in [1.807, 2.05) is 0 Å². The summed E-state index contributed by atoms with van der Waals surface area (Å²) >= 11 is 0. The number of carbonyl (C=O) groups excluding carboxylic acids is 2. The predicted molar refractivity (Wildman–Crippen MR) is 104 cm³/mol. The minimum Gasteiger partial charge on any atom is -0.493 e. The molecule has 3 amide bonds. The van der Waals surface area contributed by atoms with Crippen molar-refractivity contribution in [1.29, 1.82) is 0 Å². The fourth-order valence-corrected chi connectivity index (χ4v) is 2.98. The Balaban J connectivity index is 1.68. The van der Waals surface area contributed by atoms with Gasteiger partial charge in [0.05, 0.1) is 14.2 Å². The van der Waals surface area contributed by atoms with Gasteiger partial charge in [0.25, 0.3) is 5.91 Å². The number of amides is 3. The second-order valence-electron chi connectivity index (χ2n) is 6.23. The number of likely N-dealkylation sites (tertiary alicyclic amines) is 1. The van der Waals surface area contributed by atoms with Crippen LogP contribution in [0.4, 0.5) is 16.2 Å². The lowest BCUT2D eigenvalue weighted by atomic mass is 10.1. The summed E-state index contributed by atoms with van der Waals surface area (Å²) in [4.78, 5) is 26.5. The van der Waals surface area contributed by atoms with Crippen molar-refractivity contribution in [2.45, 2.75) is 12.8 Å². The van der Waals surface area contributed by atoms with E-state index in [0.29, 0.717) is 28.4 Å². The first kappa shape index (κ1) is 18.6. The Bertz CT molecular complexity index is 832. The maximum absolute atomic E-state index is 12.5. The molecule has 1 aliphatic rings. The van der Waals surface area contributed by atoms with Crippen molar-refractivity contribution in [1.82, 2.24) is 4.90 Å². The Morgan fingerprint density at radius 3 is 2.22 bits per heavy atom. The van der Waals surface area contributed by atoms with Crippen LogP contribution in [-0.2, 0) is 0 Å². The van der Waals surface area contributed by atoms with Crippen LogP contribution in [0.5, 0.6) is 11.5 Å². The number of anilines is 2. The molecule has 0 atom stereocenters. The molecule has 1 saturated heterocycles. The summed E-state index contributed by atoms with van der Waals surface area (Å²) in [6.07, 6.45) is 2.07. The molecule has 0 radical (unpaired) electrons. The average molecular weight is 369 g/mol. The second kappa shape index (κ2) is 8.44. The number of hydrogen-bond acceptors (Lipinski definition) is 4. The zero-order chi connectivity index (χ0) is 19.2. The molecule has 27 heavy (non-hydrogen) atoms. The molecule has 0 saturated carbocycles. The maximum atomic E-state index is 12.5. The average Bonchev–Trinajstić information content (AvgIpc) is 3.22. The van der Waals surface area contributed by atoms with E-state index < -0.39 is 0 Å². The first-order valence-corrected chi connectivity index (χ1v) is 8.80. The molecule has 3 rings (SSSR count). The minimum atomic E-state index is -0.279. The summed E-state index contributed by atoms with van der Waals surface area (Å²) in [5, 5.41) is 5.70. The lowest BCUT2D eigenvalue weighted by Crippen LogP contribution is -2.32. The Hall–Kier alpha value is -3.22. The quantitative estimate of drug-likeness (QED) is 0.844. The Labute approximate surface area is 158 Å². The number of nitrogens with zero attached hydrogens (tertiary/aromatic N) is 1. The van der Waals surface area contributed by atoms with Gasteiger partial charge in [-0.1, -0.05) is 6.07 Å². The number of carbonyl (C=O) groups is 2. The lowest BCUT2D eigenvalue weighted by molar-refractivity contribution is 0.102. The third-order valence-corrected chi connectivity index (χ3v) is 4.41. The number of hydrogen-bond donors (Lipinski definition) is 2. The van der Waals surface area contributed by atoms with E-state index >= 15 is 0 Å². The van der Waals surface area contributed by atoms with Crippen LogP contribution < -0.4 is 20.1 Å². The lowest BCUT2D eigenvalue weighted by Gasteiger charge is -2.16. The molecule has 142 valence electrons. The fraction of sp³-hybridized carbons (Fsp3) is 0.300. The number of ether oxygens (including phenoxy) is 2. The van der Waals surface area contributed by atoms with Crippen molar-refractivity contribution in [2.24, 2.45) is 0 Å². The van der Waals surface area contributed by atoms with E-state index in [1.165, 1.54) is 7.11 Å². The van der Waals surface area contributed by atoms with Gasteiger partial charge in [0, 0.05) is 30.0 Å². The zero-order valence-electron chi connectivity index (χ0n) is 15.5. The van der Waals surface area contributed by atoms with E-state index in [1.54, 1.807) is 54.5 Å². The molecule has 2 N–H and O–H groups in total. The van der Waals surface area contributed by atoms with Crippen LogP contribution in [0.15, 0.2) is 42.5 Å². The van der Waals surface area contributed by atoms with E-state index in [2.05, 4.69) is 10.6 Å². The third kappa shape index (κ3) is 4.49. The Morgan fingerprint density at radius 2 is 1.56 bits per heavy atom. The molecule has 0 aromatic heterocycles. The Kier molecular flexibility index (Phi) is 5.80. The van der Waals surface area contributed by atoms with Gasteiger partial charge in [-0.3, -0.25) is 4.79 Å². The topological polar surface area (TPSA) is 79.9 Å². The second-order valence-corrected chi connectivity index (χ2v) is 6.23. The van der Waals surface area contributed by atoms with Crippen LogP contribution in [0.25, 0.3) is 0 Å². The number of methoxy groups -OCH3 is 2. The standard InChI is InChI=1S/C20H23N3O4/c1-26-17-9-8-14(12-18(17)27-2)19(24)21-15-6-5-7-16(13-15)22-20(25)23-10-3-4-11-23/h5-9,12-13H,3-4,10-11H2,1-2H3,(H,21,24)(H,22,25). The Morgan fingerprint density at radius 1 is 0.889 bits per heavy atom. The summed E-state index contributed by atoms with van der Waals surface area (Å²) in [7, 11) is 3.06. The molecular weight excluding hydrogens is 346 g/mol. The van der Waals surface area contributed by atoms with Crippen molar-refractivity contribution in [3.05, 3.63) is 48.0 Å². The molecule has 0 unspecified atom stereocenters. The van der Waals surface area contributed by atoms with Gasteiger partial charge in [-0.15, -0.1) is 0 Å². The summed E-state index contributed by atoms with van der Waals surface area (Å²) in [6, 6.07) is 11.9. The smallest absolute Gasteiger partial charge is 0.321 e. The van der Waals surface area contributed by atoms with Gasteiger partial charge in [-0.05, 0) is 49.2 Å². The van der Waals surface area contributed by atoms with E-state index in [0.717, 1.165) is 25.9 Å². The highest BCUT2D eigenvalue weighted by Gasteiger charge is 2.18. The van der Waals surface area contributed by atoms with Crippen LogP contribution >= 0.6 is 0 Å². The molecule has 0 bridgehead atoms. The number of urea groups is 1. The number of benzene rings is 2. The highest BCUT2D eigenvalue weighted by molar-refractivity contribution is 6.05. The van der Waals surface area contributed by atoms with Crippen molar-refractivity contribution >= 4 is 23.3 Å². The van der Waals surface area contributed by atoms with Crippen LogP contribution in [0, 0.1) is 0 Å². The third-order valence-electron chi connectivity index (χ3n) is 4.41. The SMILES string of the molecule is COc1ccc(C(=O)Nc2cccc(NC(=O)N3CCCC3)c2)cc1OC. The molecule has 1 fully saturated rings. The van der Waals surface area contributed by atoms with Crippen molar-refractivity contribution < 1.29 is 19.1 Å². The molecule has 7 nitrogen and oxygen atoms in total. The summed E-state index contributed by atoms with van der Waals surface area (Å²) in [5.74, 6) is 0.761. The maximum Gasteiger partial charge on any atom is 0.321 e. The predicted octanol–water partition coefficient (Wildman–Crippen LogP) is 3.58. The van der Waals surface area contributed by atoms with E-state index in [4.69, 9.17) is 9.47 Å². The van der Waals surface area contributed by atoms with Crippen LogP contribution in [-0.4, -0.2) is 44.1 Å². The molecular formula is C20H23N3O4. The molecule has 2 aromatic carbocycles. The molecule has 0 spiro atoms. The van der Waals surface area contributed by atoms with Crippen molar-refractivity contribution in [3.63, 3.8) is 0 Å². The van der Waals surface area contributed by atoms with Gasteiger partial charge < -0.3 is 25.0 Å².